The number of rotatable bonds is 23. The first-order valence-electron chi connectivity index (χ1n) is 22.3. The highest BCUT2D eigenvalue weighted by Gasteiger charge is 2.44. The van der Waals surface area contributed by atoms with E-state index in [-0.39, 0.29) is 58.7 Å². The Labute approximate surface area is 399 Å². The highest BCUT2D eigenvalue weighted by Crippen LogP contribution is 2.32. The summed E-state index contributed by atoms with van der Waals surface area (Å²) < 4.78 is 42.8. The van der Waals surface area contributed by atoms with E-state index in [0.717, 1.165) is 49.0 Å². The molecule has 1 aromatic heterocycles. The third kappa shape index (κ3) is 12.6. The van der Waals surface area contributed by atoms with E-state index in [1.807, 2.05) is 24.3 Å². The second kappa shape index (κ2) is 23.2. The molecule has 1 unspecified atom stereocenters. The first-order chi connectivity index (χ1) is 32.8. The number of carbonyl (C=O) groups is 5. The Bertz CT molecular complexity index is 2580. The molecule has 4 aromatic rings. The molecule has 1 atom stereocenters. The second-order valence-corrected chi connectivity index (χ2v) is 19.2. The van der Waals surface area contributed by atoms with Crippen LogP contribution in [0.5, 0.6) is 0 Å². The minimum atomic E-state index is -3.55. The van der Waals surface area contributed by atoms with Crippen LogP contribution in [0.2, 0.25) is 5.02 Å². The number of carbonyl (C=O) groups excluding carboxylic acids is 5. The zero-order valence-electron chi connectivity index (χ0n) is 37.8. The van der Waals surface area contributed by atoms with E-state index in [9.17, 15) is 32.4 Å². The van der Waals surface area contributed by atoms with Crippen LogP contribution in [-0.4, -0.2) is 154 Å². The van der Waals surface area contributed by atoms with Crippen molar-refractivity contribution >= 4 is 85.5 Å². The number of hydrogen-bond donors (Lipinski definition) is 5. The van der Waals surface area contributed by atoms with E-state index >= 15 is 0 Å². The van der Waals surface area contributed by atoms with E-state index < -0.39 is 44.8 Å². The Morgan fingerprint density at radius 2 is 1.51 bits per heavy atom. The number of aromatic nitrogens is 2. The van der Waals surface area contributed by atoms with Crippen molar-refractivity contribution in [2.45, 2.75) is 42.9 Å². The van der Waals surface area contributed by atoms with Crippen molar-refractivity contribution < 1.29 is 46.6 Å². The number of sulfone groups is 1. The molecule has 0 bridgehead atoms. The molecule has 0 spiro atoms. The van der Waals surface area contributed by atoms with E-state index in [1.165, 1.54) is 18.3 Å². The SMILES string of the molecule is CC(C)S(=O)(=O)c1ccccc1Nc1nc(Nc2ccc(N3CCN(CCOCCOCCOCCNC(=O)CNc4ccc5c(c4)C(=O)N(C4CCC(=O)NC4=O)C5=O)CC3)cc2)ncc1Cl. The molecule has 2 fully saturated rings. The van der Waals surface area contributed by atoms with Crippen LogP contribution >= 0.6 is 11.6 Å². The lowest BCUT2D eigenvalue weighted by molar-refractivity contribution is -0.136. The molecule has 20 nitrogen and oxygen atoms in total. The molecule has 3 aliphatic rings. The molecule has 0 saturated carbocycles. The van der Waals surface area contributed by atoms with Crippen molar-refractivity contribution in [1.29, 1.82) is 0 Å². The topological polar surface area (TPSA) is 243 Å². The lowest BCUT2D eigenvalue weighted by Gasteiger charge is -2.36. The van der Waals surface area contributed by atoms with Crippen molar-refractivity contribution in [3.63, 3.8) is 0 Å². The summed E-state index contributed by atoms with van der Waals surface area (Å²) in [5.41, 5.74) is 3.00. The number of imide groups is 2. The zero-order chi connectivity index (χ0) is 48.2. The number of piperazine rings is 1. The van der Waals surface area contributed by atoms with Gasteiger partial charge in [0.2, 0.25) is 23.7 Å². The molecule has 5 amide bonds. The third-order valence-electron chi connectivity index (χ3n) is 11.4. The number of para-hydroxylation sites is 1. The molecule has 7 rings (SSSR count). The van der Waals surface area contributed by atoms with E-state index in [4.69, 9.17) is 25.8 Å². The van der Waals surface area contributed by atoms with Crippen LogP contribution < -0.4 is 31.5 Å². The van der Waals surface area contributed by atoms with Crippen LogP contribution in [0.1, 0.15) is 47.4 Å². The average Bonchev–Trinajstić information content (AvgIpc) is 3.57. The van der Waals surface area contributed by atoms with E-state index in [2.05, 4.69) is 46.4 Å². The van der Waals surface area contributed by atoms with Crippen molar-refractivity contribution in [3.8, 4) is 0 Å². The van der Waals surface area contributed by atoms with Gasteiger partial charge in [0, 0.05) is 62.8 Å². The molecule has 68 heavy (non-hydrogen) atoms. The molecule has 22 heteroatoms. The smallest absolute Gasteiger partial charge is 0.262 e. The normalized spacial score (nSPS) is 16.5. The van der Waals surface area contributed by atoms with Gasteiger partial charge in [-0.15, -0.1) is 0 Å². The summed E-state index contributed by atoms with van der Waals surface area (Å²) in [6.07, 6.45) is 1.57. The fourth-order valence-corrected chi connectivity index (χ4v) is 8.99. The summed E-state index contributed by atoms with van der Waals surface area (Å²) in [4.78, 5) is 76.7. The number of nitrogens with one attached hydrogen (secondary N) is 5. The Morgan fingerprint density at radius 1 is 0.838 bits per heavy atom. The molecule has 5 N–H and O–H groups in total. The van der Waals surface area contributed by atoms with Crippen molar-refractivity contribution in [1.82, 2.24) is 30.4 Å². The summed E-state index contributed by atoms with van der Waals surface area (Å²) in [5, 5.41) is 13.8. The molecule has 362 valence electrons. The van der Waals surface area contributed by atoms with Crippen LogP contribution in [0, 0.1) is 0 Å². The van der Waals surface area contributed by atoms with Crippen molar-refractivity contribution in [3.05, 3.63) is 89.1 Å². The number of hydrogen-bond acceptors (Lipinski definition) is 17. The van der Waals surface area contributed by atoms with Gasteiger partial charge in [-0.3, -0.25) is 39.1 Å². The maximum atomic E-state index is 13.0. The van der Waals surface area contributed by atoms with Gasteiger partial charge in [-0.05, 0) is 74.9 Å². The van der Waals surface area contributed by atoms with E-state index in [0.29, 0.717) is 57.0 Å². The molecule has 4 heterocycles. The van der Waals surface area contributed by atoms with Crippen LogP contribution in [0.3, 0.4) is 0 Å². The maximum absolute atomic E-state index is 13.0. The number of piperidine rings is 1. The van der Waals surface area contributed by atoms with Gasteiger partial charge in [-0.2, -0.15) is 4.98 Å². The second-order valence-electron chi connectivity index (χ2n) is 16.4. The monoisotopic (exact) mass is 974 g/mol. The quantitative estimate of drug-likeness (QED) is 0.0527. The standard InChI is InChI=1S/C46H55ClN10O10S/c1-30(2)68(63,64)39-6-4-3-5-37(39)52-42-36(47)28-50-46(54-42)51-31-7-10-33(11-8-31)56-18-16-55(17-19-56)20-22-66-24-26-67-25-23-65-21-15-48-41(59)29-49-32-9-12-34-35(27-32)45(62)57(44(34)61)38-13-14-40(58)53-43(38)60/h3-12,27-28,30,38,49H,13-26,29H2,1-2H3,(H,48,59)(H,53,58,60)(H2,50,51,52,54). The van der Waals surface area contributed by atoms with Gasteiger partial charge >= 0.3 is 0 Å². The molecular weight excluding hydrogens is 920 g/mol. The number of halogens is 1. The summed E-state index contributed by atoms with van der Waals surface area (Å²) in [6.45, 7) is 10.4. The van der Waals surface area contributed by atoms with Gasteiger partial charge in [-0.25, -0.2) is 13.4 Å². The Balaban J connectivity index is 0.704. The van der Waals surface area contributed by atoms with Gasteiger partial charge < -0.3 is 40.4 Å². The Morgan fingerprint density at radius 3 is 2.24 bits per heavy atom. The number of benzene rings is 3. The maximum Gasteiger partial charge on any atom is 0.262 e. The summed E-state index contributed by atoms with van der Waals surface area (Å²) in [5.74, 6) is -2.05. The van der Waals surface area contributed by atoms with Crippen molar-refractivity contribution in [2.75, 3.05) is 106 Å². The predicted octanol–water partition coefficient (Wildman–Crippen LogP) is 3.60. The van der Waals surface area contributed by atoms with E-state index in [1.54, 1.807) is 44.2 Å². The molecule has 2 saturated heterocycles. The summed E-state index contributed by atoms with van der Waals surface area (Å²) in [6, 6.07) is 18.1. The minimum absolute atomic E-state index is 0.0357. The highest BCUT2D eigenvalue weighted by molar-refractivity contribution is 7.92. The van der Waals surface area contributed by atoms with Gasteiger partial charge in [0.25, 0.3) is 11.8 Å². The number of nitrogens with zero attached hydrogens (tertiary/aromatic N) is 5. The minimum Gasteiger partial charge on any atom is -0.378 e. The zero-order valence-corrected chi connectivity index (χ0v) is 39.4. The van der Waals surface area contributed by atoms with Crippen molar-refractivity contribution in [2.24, 2.45) is 0 Å². The average molecular weight is 976 g/mol. The lowest BCUT2D eigenvalue weighted by Crippen LogP contribution is -2.54. The summed E-state index contributed by atoms with van der Waals surface area (Å²) in [7, 11) is -3.55. The van der Waals surface area contributed by atoms with Gasteiger partial charge in [0.15, 0.2) is 15.7 Å². The third-order valence-corrected chi connectivity index (χ3v) is 13.9. The fourth-order valence-electron chi connectivity index (χ4n) is 7.65. The largest absolute Gasteiger partial charge is 0.378 e. The fraction of sp³-hybridized carbons (Fsp3) is 0.413. The van der Waals surface area contributed by atoms with Gasteiger partial charge in [0.1, 0.15) is 11.1 Å². The van der Waals surface area contributed by atoms with Gasteiger partial charge in [-0.1, -0.05) is 23.7 Å². The predicted molar refractivity (Wildman–Crippen MR) is 255 cm³/mol. The Kier molecular flexibility index (Phi) is 16.9. The molecular formula is C46H55ClN10O10S. The number of fused-ring (bicyclic) bond motifs is 1. The first-order valence-corrected chi connectivity index (χ1v) is 24.3. The number of ether oxygens (including phenoxy) is 3. The highest BCUT2D eigenvalue weighted by atomic mass is 35.5. The first kappa shape index (κ1) is 49.7. The Hall–Kier alpha value is -6.23. The number of anilines is 6. The summed E-state index contributed by atoms with van der Waals surface area (Å²) >= 11 is 6.40. The van der Waals surface area contributed by atoms with Crippen LogP contribution in [0.4, 0.5) is 34.5 Å². The molecule has 0 radical (unpaired) electrons. The molecule has 3 aromatic carbocycles. The lowest BCUT2D eigenvalue weighted by atomic mass is 10.0. The molecule has 3 aliphatic heterocycles. The number of amides is 5. The molecule has 0 aliphatic carbocycles. The van der Waals surface area contributed by atoms with Crippen LogP contribution in [-0.2, 0) is 38.4 Å². The van der Waals surface area contributed by atoms with Crippen LogP contribution in [0.15, 0.2) is 77.8 Å². The van der Waals surface area contributed by atoms with Gasteiger partial charge in [0.05, 0.1) is 79.3 Å². The van der Waals surface area contributed by atoms with Crippen LogP contribution in [0.25, 0.3) is 0 Å².